The molecule has 0 spiro atoms. The third-order valence-electron chi connectivity index (χ3n) is 1.29. The van der Waals surface area contributed by atoms with Crippen LogP contribution in [0.2, 0.25) is 0 Å². The maximum Gasteiger partial charge on any atom is 0.131 e. The first kappa shape index (κ1) is 5.85. The van der Waals surface area contributed by atoms with E-state index in [4.69, 9.17) is 0 Å². The SMILES string of the molecule is Brc1nccn2cncc12. The zero-order valence-corrected chi connectivity index (χ0v) is 6.62. The molecule has 0 atom stereocenters. The first-order valence-corrected chi connectivity index (χ1v) is 3.59. The second-order valence-electron chi connectivity index (χ2n) is 1.90. The van der Waals surface area contributed by atoms with Crippen molar-refractivity contribution in [1.82, 2.24) is 14.4 Å². The van der Waals surface area contributed by atoms with Crippen LogP contribution in [0.25, 0.3) is 5.52 Å². The fourth-order valence-electron chi connectivity index (χ4n) is 0.820. The molecule has 0 bridgehead atoms. The van der Waals surface area contributed by atoms with Crippen molar-refractivity contribution in [3.8, 4) is 0 Å². The van der Waals surface area contributed by atoms with Crippen molar-refractivity contribution in [2.45, 2.75) is 0 Å². The van der Waals surface area contributed by atoms with Crippen LogP contribution in [0.1, 0.15) is 0 Å². The largest absolute Gasteiger partial charge is 0.302 e. The molecule has 2 heterocycles. The van der Waals surface area contributed by atoms with Gasteiger partial charge in [0.25, 0.3) is 0 Å². The topological polar surface area (TPSA) is 30.2 Å². The van der Waals surface area contributed by atoms with Gasteiger partial charge < -0.3 is 4.40 Å². The van der Waals surface area contributed by atoms with Crippen molar-refractivity contribution >= 4 is 21.4 Å². The van der Waals surface area contributed by atoms with Crippen LogP contribution >= 0.6 is 15.9 Å². The molecule has 0 unspecified atom stereocenters. The highest BCUT2D eigenvalue weighted by Gasteiger charge is 1.96. The lowest BCUT2D eigenvalue weighted by atomic mass is 10.6. The molecule has 0 aliphatic heterocycles. The van der Waals surface area contributed by atoms with Crippen LogP contribution in [-0.2, 0) is 0 Å². The summed E-state index contributed by atoms with van der Waals surface area (Å²) >= 11 is 3.30. The average Bonchev–Trinajstić information content (AvgIpc) is 2.36. The molecule has 0 saturated carbocycles. The number of imidazole rings is 1. The van der Waals surface area contributed by atoms with E-state index in [9.17, 15) is 0 Å². The van der Waals surface area contributed by atoms with Gasteiger partial charge in [0.15, 0.2) is 0 Å². The Hall–Kier alpha value is -0.900. The van der Waals surface area contributed by atoms with E-state index >= 15 is 0 Å². The van der Waals surface area contributed by atoms with Crippen molar-refractivity contribution in [2.75, 3.05) is 0 Å². The lowest BCUT2D eigenvalue weighted by Gasteiger charge is -1.91. The van der Waals surface area contributed by atoms with Crippen LogP contribution in [0.5, 0.6) is 0 Å². The van der Waals surface area contributed by atoms with E-state index in [1.807, 2.05) is 10.6 Å². The van der Waals surface area contributed by atoms with Gasteiger partial charge in [-0.3, -0.25) is 0 Å². The molecule has 0 radical (unpaired) electrons. The van der Waals surface area contributed by atoms with E-state index in [0.29, 0.717) is 0 Å². The Kier molecular flexibility index (Phi) is 1.20. The third-order valence-corrected chi connectivity index (χ3v) is 1.90. The van der Waals surface area contributed by atoms with Crippen molar-refractivity contribution < 1.29 is 0 Å². The van der Waals surface area contributed by atoms with Crippen molar-refractivity contribution in [3.63, 3.8) is 0 Å². The number of nitrogens with zero attached hydrogens (tertiary/aromatic N) is 3. The summed E-state index contributed by atoms with van der Waals surface area (Å²) in [6.07, 6.45) is 7.07. The molecule has 2 rings (SSSR count). The molecule has 0 aromatic carbocycles. The van der Waals surface area contributed by atoms with Crippen molar-refractivity contribution in [1.29, 1.82) is 0 Å². The molecule has 4 heteroatoms. The first-order valence-electron chi connectivity index (χ1n) is 2.80. The average molecular weight is 198 g/mol. The monoisotopic (exact) mass is 197 g/mol. The van der Waals surface area contributed by atoms with E-state index in [1.165, 1.54) is 0 Å². The third kappa shape index (κ3) is 0.724. The Bertz CT molecular complexity index is 355. The predicted molar refractivity (Wildman–Crippen MR) is 40.7 cm³/mol. The summed E-state index contributed by atoms with van der Waals surface area (Å²) in [7, 11) is 0. The Morgan fingerprint density at radius 2 is 2.40 bits per heavy atom. The zero-order valence-electron chi connectivity index (χ0n) is 5.03. The van der Waals surface area contributed by atoms with Crippen molar-refractivity contribution in [2.24, 2.45) is 0 Å². The number of hydrogen-bond acceptors (Lipinski definition) is 2. The second kappa shape index (κ2) is 2.05. The highest BCUT2D eigenvalue weighted by Crippen LogP contribution is 2.12. The minimum Gasteiger partial charge on any atom is -0.302 e. The van der Waals surface area contributed by atoms with Crippen LogP contribution in [0.15, 0.2) is 29.5 Å². The fraction of sp³-hybridized carbons (Fsp3) is 0. The van der Waals surface area contributed by atoms with Gasteiger partial charge in [-0.25, -0.2) is 9.97 Å². The van der Waals surface area contributed by atoms with Crippen LogP contribution < -0.4 is 0 Å². The van der Waals surface area contributed by atoms with E-state index in [0.717, 1.165) is 10.1 Å². The van der Waals surface area contributed by atoms with Gasteiger partial charge in [0.05, 0.1) is 18.0 Å². The number of halogens is 1. The summed E-state index contributed by atoms with van der Waals surface area (Å²) in [5.41, 5.74) is 0.988. The fourth-order valence-corrected chi connectivity index (χ4v) is 1.25. The summed E-state index contributed by atoms with van der Waals surface area (Å²) in [5, 5.41) is 0. The molecule has 0 aliphatic rings. The summed E-state index contributed by atoms with van der Waals surface area (Å²) in [6.45, 7) is 0. The molecule has 2 aromatic rings. The number of rotatable bonds is 0. The smallest absolute Gasteiger partial charge is 0.131 e. The van der Waals surface area contributed by atoms with Gasteiger partial charge in [0.2, 0.25) is 0 Å². The summed E-state index contributed by atoms with van der Waals surface area (Å²) in [4.78, 5) is 7.99. The van der Waals surface area contributed by atoms with Gasteiger partial charge in [0, 0.05) is 12.4 Å². The van der Waals surface area contributed by atoms with Gasteiger partial charge >= 0.3 is 0 Å². The minimum atomic E-state index is 0.826. The molecule has 3 nitrogen and oxygen atoms in total. The molecule has 0 fully saturated rings. The highest BCUT2D eigenvalue weighted by atomic mass is 79.9. The van der Waals surface area contributed by atoms with Gasteiger partial charge in [-0.15, -0.1) is 0 Å². The molecule has 0 N–H and O–H groups in total. The summed E-state index contributed by atoms with van der Waals surface area (Å²) in [6, 6.07) is 0. The molecular formula is C6H4BrN3. The van der Waals surface area contributed by atoms with E-state index in [-0.39, 0.29) is 0 Å². The maximum absolute atomic E-state index is 4.04. The Morgan fingerprint density at radius 1 is 1.50 bits per heavy atom. The van der Waals surface area contributed by atoms with Gasteiger partial charge in [-0.2, -0.15) is 0 Å². The standard InChI is InChI=1S/C6H4BrN3/c7-6-5-3-8-4-10(5)2-1-9-6/h1-4H. The number of fused-ring (bicyclic) bond motifs is 1. The molecule has 0 aliphatic carbocycles. The maximum atomic E-state index is 4.04. The van der Waals surface area contributed by atoms with Crippen LogP contribution in [-0.4, -0.2) is 14.4 Å². The molecular weight excluding hydrogens is 194 g/mol. The zero-order chi connectivity index (χ0) is 6.97. The molecule has 10 heavy (non-hydrogen) atoms. The molecule has 50 valence electrons. The molecule has 0 amide bonds. The predicted octanol–water partition coefficient (Wildman–Crippen LogP) is 1.49. The lowest BCUT2D eigenvalue weighted by molar-refractivity contribution is 1.10. The van der Waals surface area contributed by atoms with E-state index < -0.39 is 0 Å². The highest BCUT2D eigenvalue weighted by molar-refractivity contribution is 9.10. The van der Waals surface area contributed by atoms with E-state index in [2.05, 4.69) is 25.9 Å². The Balaban J connectivity index is 2.95. The lowest BCUT2D eigenvalue weighted by Crippen LogP contribution is -1.83. The van der Waals surface area contributed by atoms with Gasteiger partial charge in [-0.05, 0) is 15.9 Å². The Morgan fingerprint density at radius 3 is 3.20 bits per heavy atom. The normalized spacial score (nSPS) is 10.5. The molecule has 2 aromatic heterocycles. The van der Waals surface area contributed by atoms with Crippen LogP contribution in [0.4, 0.5) is 0 Å². The molecule has 0 saturated heterocycles. The van der Waals surface area contributed by atoms with E-state index in [1.54, 1.807) is 18.7 Å². The quantitative estimate of drug-likeness (QED) is 0.641. The van der Waals surface area contributed by atoms with Gasteiger partial charge in [-0.1, -0.05) is 0 Å². The van der Waals surface area contributed by atoms with Gasteiger partial charge in [0.1, 0.15) is 4.60 Å². The van der Waals surface area contributed by atoms with Crippen LogP contribution in [0.3, 0.4) is 0 Å². The minimum absolute atomic E-state index is 0.826. The van der Waals surface area contributed by atoms with Crippen LogP contribution in [0, 0.1) is 0 Å². The number of aromatic nitrogens is 3. The first-order chi connectivity index (χ1) is 4.88. The van der Waals surface area contributed by atoms with Crippen molar-refractivity contribution in [3.05, 3.63) is 29.5 Å². The summed E-state index contributed by atoms with van der Waals surface area (Å²) in [5.74, 6) is 0. The number of hydrogen-bond donors (Lipinski definition) is 0. The second-order valence-corrected chi connectivity index (χ2v) is 2.66. The Labute approximate surface area is 65.9 Å². The summed E-state index contributed by atoms with van der Waals surface area (Å²) < 4.78 is 2.73.